The minimum absolute atomic E-state index is 0.0211. The molecule has 0 atom stereocenters. The van der Waals surface area contributed by atoms with Crippen LogP contribution in [0.25, 0.3) is 5.65 Å². The molecule has 0 radical (unpaired) electrons. The molecule has 0 fully saturated rings. The first-order valence-electron chi connectivity index (χ1n) is 6.95. The van der Waals surface area contributed by atoms with Crippen LogP contribution in [0.15, 0.2) is 52.7 Å². The number of sulfonamides is 1. The van der Waals surface area contributed by atoms with Crippen molar-refractivity contribution in [2.24, 2.45) is 5.10 Å². The highest BCUT2D eigenvalue weighted by molar-refractivity contribution is 7.89. The SMILES string of the molecule is CN(/N=C/c1cnn2ccc(Cl)nc12)S(=O)(=O)c1cccc(C#N)c1. The summed E-state index contributed by atoms with van der Waals surface area (Å²) in [5.41, 5.74) is 1.21. The smallest absolute Gasteiger partial charge is 0.222 e. The largest absolute Gasteiger partial charge is 0.278 e. The lowest BCUT2D eigenvalue weighted by Crippen LogP contribution is -2.22. The number of nitriles is 1. The fraction of sp³-hybridized carbons (Fsp3) is 0.0667. The Balaban J connectivity index is 1.92. The highest BCUT2D eigenvalue weighted by atomic mass is 35.5. The molecule has 1 aromatic carbocycles. The maximum Gasteiger partial charge on any atom is 0.278 e. The van der Waals surface area contributed by atoms with E-state index in [1.807, 2.05) is 6.07 Å². The summed E-state index contributed by atoms with van der Waals surface area (Å²) in [6, 6.07) is 9.21. The standard InChI is InChI=1S/C15H11ClN6O2S/c1-21(25(23,24)13-4-2-3-11(7-13)8-17)18-9-12-10-19-22-6-5-14(16)20-15(12)22/h2-7,9-10H,1H3/b18-9+. The van der Waals surface area contributed by atoms with Crippen molar-refractivity contribution in [2.75, 3.05) is 7.05 Å². The molecule has 0 amide bonds. The lowest BCUT2D eigenvalue weighted by Gasteiger charge is -2.13. The number of hydrogen-bond donors (Lipinski definition) is 0. The minimum Gasteiger partial charge on any atom is -0.222 e. The second-order valence-corrected chi connectivity index (χ2v) is 7.28. The second kappa shape index (κ2) is 6.51. The number of rotatable bonds is 4. The number of aromatic nitrogens is 3. The highest BCUT2D eigenvalue weighted by Crippen LogP contribution is 2.16. The van der Waals surface area contributed by atoms with Crippen LogP contribution in [-0.2, 0) is 10.0 Å². The van der Waals surface area contributed by atoms with Crippen LogP contribution in [0.1, 0.15) is 11.1 Å². The summed E-state index contributed by atoms with van der Waals surface area (Å²) in [5, 5.41) is 17.2. The van der Waals surface area contributed by atoms with Gasteiger partial charge in [0.25, 0.3) is 10.0 Å². The van der Waals surface area contributed by atoms with Crippen LogP contribution in [0.3, 0.4) is 0 Å². The van der Waals surface area contributed by atoms with Crippen LogP contribution in [-0.4, -0.2) is 40.7 Å². The summed E-state index contributed by atoms with van der Waals surface area (Å²) in [6.45, 7) is 0. The number of hydrogen-bond acceptors (Lipinski definition) is 6. The molecule has 3 rings (SSSR count). The van der Waals surface area contributed by atoms with E-state index in [9.17, 15) is 8.42 Å². The monoisotopic (exact) mass is 374 g/mol. The zero-order valence-corrected chi connectivity index (χ0v) is 14.5. The van der Waals surface area contributed by atoms with Crippen molar-refractivity contribution in [1.82, 2.24) is 19.0 Å². The Morgan fingerprint density at radius 2 is 2.20 bits per heavy atom. The average Bonchev–Trinajstić information content (AvgIpc) is 3.01. The van der Waals surface area contributed by atoms with Gasteiger partial charge in [0.15, 0.2) is 5.65 Å². The molecule has 0 aliphatic rings. The van der Waals surface area contributed by atoms with Crippen LogP contribution < -0.4 is 0 Å². The molecule has 0 aliphatic heterocycles. The zero-order chi connectivity index (χ0) is 18.0. The van der Waals surface area contributed by atoms with Crippen molar-refractivity contribution in [2.45, 2.75) is 4.90 Å². The first-order chi connectivity index (χ1) is 11.9. The number of nitrogens with zero attached hydrogens (tertiary/aromatic N) is 6. The second-order valence-electron chi connectivity index (χ2n) is 4.94. The molecule has 10 heteroatoms. The van der Waals surface area contributed by atoms with Crippen LogP contribution in [0.5, 0.6) is 0 Å². The van der Waals surface area contributed by atoms with Crippen molar-refractivity contribution < 1.29 is 8.42 Å². The maximum atomic E-state index is 12.5. The van der Waals surface area contributed by atoms with Crippen LogP contribution in [0.4, 0.5) is 0 Å². The fourth-order valence-electron chi connectivity index (χ4n) is 2.04. The number of halogens is 1. The molecular weight excluding hydrogens is 364 g/mol. The Hall–Kier alpha value is -2.96. The number of fused-ring (bicyclic) bond motifs is 1. The van der Waals surface area contributed by atoms with Crippen molar-refractivity contribution in [1.29, 1.82) is 5.26 Å². The molecular formula is C15H11ClN6O2S. The number of benzene rings is 1. The molecule has 0 aliphatic carbocycles. The van der Waals surface area contributed by atoms with E-state index >= 15 is 0 Å². The minimum atomic E-state index is -3.88. The predicted octanol–water partition coefficient (Wildman–Crippen LogP) is 1.91. The summed E-state index contributed by atoms with van der Waals surface area (Å²) >= 11 is 5.86. The summed E-state index contributed by atoms with van der Waals surface area (Å²) in [4.78, 5) is 4.11. The molecule has 3 aromatic rings. The van der Waals surface area contributed by atoms with Crippen LogP contribution >= 0.6 is 11.6 Å². The molecule has 126 valence electrons. The lowest BCUT2D eigenvalue weighted by molar-refractivity contribution is 0.491. The van der Waals surface area contributed by atoms with E-state index in [0.29, 0.717) is 11.2 Å². The van der Waals surface area contributed by atoms with E-state index in [1.54, 1.807) is 12.3 Å². The van der Waals surface area contributed by atoms with Gasteiger partial charge in [-0.1, -0.05) is 17.7 Å². The predicted molar refractivity (Wildman–Crippen MR) is 91.7 cm³/mol. The van der Waals surface area contributed by atoms with Gasteiger partial charge in [-0.2, -0.15) is 28.3 Å². The van der Waals surface area contributed by atoms with Crippen molar-refractivity contribution in [3.63, 3.8) is 0 Å². The van der Waals surface area contributed by atoms with E-state index in [1.165, 1.54) is 48.2 Å². The van der Waals surface area contributed by atoms with Gasteiger partial charge in [0, 0.05) is 13.2 Å². The van der Waals surface area contributed by atoms with Gasteiger partial charge in [-0.25, -0.2) is 9.50 Å². The molecule has 0 bridgehead atoms. The van der Waals surface area contributed by atoms with Gasteiger partial charge in [-0.05, 0) is 24.3 Å². The Kier molecular flexibility index (Phi) is 4.39. The van der Waals surface area contributed by atoms with Gasteiger partial charge < -0.3 is 0 Å². The summed E-state index contributed by atoms with van der Waals surface area (Å²) in [6.07, 6.45) is 4.46. The van der Waals surface area contributed by atoms with Crippen molar-refractivity contribution in [3.8, 4) is 6.07 Å². The lowest BCUT2D eigenvalue weighted by atomic mass is 10.2. The van der Waals surface area contributed by atoms with Crippen LogP contribution in [0, 0.1) is 11.3 Å². The van der Waals surface area contributed by atoms with Gasteiger partial charge in [0.1, 0.15) is 5.15 Å². The third-order valence-corrected chi connectivity index (χ3v) is 5.18. The van der Waals surface area contributed by atoms with Gasteiger partial charge in [0.05, 0.1) is 34.5 Å². The first kappa shape index (κ1) is 16.9. The Morgan fingerprint density at radius 1 is 1.40 bits per heavy atom. The molecule has 2 aromatic heterocycles. The third kappa shape index (κ3) is 3.31. The summed E-state index contributed by atoms with van der Waals surface area (Å²) in [5.74, 6) is 0. The Bertz CT molecular complexity index is 1120. The van der Waals surface area contributed by atoms with E-state index in [0.717, 1.165) is 4.41 Å². The molecule has 0 saturated carbocycles. The molecule has 2 heterocycles. The Labute approximate surface area is 148 Å². The molecule has 0 saturated heterocycles. The van der Waals surface area contributed by atoms with Gasteiger partial charge in [0.2, 0.25) is 0 Å². The van der Waals surface area contributed by atoms with E-state index < -0.39 is 10.0 Å². The summed E-state index contributed by atoms with van der Waals surface area (Å²) < 4.78 is 27.4. The molecule has 25 heavy (non-hydrogen) atoms. The van der Waals surface area contributed by atoms with E-state index in [4.69, 9.17) is 16.9 Å². The van der Waals surface area contributed by atoms with Crippen molar-refractivity contribution >= 4 is 33.5 Å². The molecule has 0 N–H and O–H groups in total. The fourth-order valence-corrected chi connectivity index (χ4v) is 3.18. The average molecular weight is 375 g/mol. The normalized spacial score (nSPS) is 11.7. The maximum absolute atomic E-state index is 12.5. The van der Waals surface area contributed by atoms with Gasteiger partial charge in [-0.3, -0.25) is 0 Å². The summed E-state index contributed by atoms with van der Waals surface area (Å²) in [7, 11) is -2.57. The van der Waals surface area contributed by atoms with Gasteiger partial charge in [-0.15, -0.1) is 0 Å². The van der Waals surface area contributed by atoms with E-state index in [2.05, 4.69) is 15.2 Å². The van der Waals surface area contributed by atoms with Crippen molar-refractivity contribution in [3.05, 3.63) is 59.0 Å². The van der Waals surface area contributed by atoms with Crippen LogP contribution in [0.2, 0.25) is 5.15 Å². The number of hydrazone groups is 1. The third-order valence-electron chi connectivity index (χ3n) is 3.33. The topological polar surface area (TPSA) is 104 Å². The zero-order valence-electron chi connectivity index (χ0n) is 12.9. The highest BCUT2D eigenvalue weighted by Gasteiger charge is 2.19. The molecule has 0 spiro atoms. The first-order valence-corrected chi connectivity index (χ1v) is 8.76. The van der Waals surface area contributed by atoms with E-state index in [-0.39, 0.29) is 15.6 Å². The molecule has 0 unspecified atom stereocenters. The Morgan fingerprint density at radius 3 is 2.96 bits per heavy atom. The quantitative estimate of drug-likeness (QED) is 0.394. The van der Waals surface area contributed by atoms with Gasteiger partial charge >= 0.3 is 0 Å². The molecule has 8 nitrogen and oxygen atoms in total.